The highest BCUT2D eigenvalue weighted by Gasteiger charge is 2.17. The summed E-state index contributed by atoms with van der Waals surface area (Å²) >= 11 is 0. The van der Waals surface area contributed by atoms with Crippen LogP contribution in [0.5, 0.6) is 0 Å². The van der Waals surface area contributed by atoms with Crippen LogP contribution in [0.25, 0.3) is 0 Å². The minimum absolute atomic E-state index is 0.851. The van der Waals surface area contributed by atoms with Gasteiger partial charge in [0.05, 0.1) is 0 Å². The fourth-order valence-corrected chi connectivity index (χ4v) is 5.84. The molecular weight excluding hydrogens is 336 g/mol. The predicted molar refractivity (Wildman–Crippen MR) is 131 cm³/mol. The molecule has 0 saturated heterocycles. The topological polar surface area (TPSA) is 0 Å². The van der Waals surface area contributed by atoms with Crippen LogP contribution in [0.15, 0.2) is 0 Å². The average molecular weight is 395 g/mol. The zero-order valence-electron chi connectivity index (χ0n) is 21.7. The van der Waals surface area contributed by atoms with E-state index >= 15 is 0 Å². The Balaban J connectivity index is 3.94. The van der Waals surface area contributed by atoms with Crippen LogP contribution in [0.3, 0.4) is 0 Å². The van der Waals surface area contributed by atoms with E-state index in [9.17, 15) is 0 Å². The van der Waals surface area contributed by atoms with Gasteiger partial charge in [-0.25, -0.2) is 0 Å². The first-order valence-corrected chi connectivity index (χ1v) is 13.0. The summed E-state index contributed by atoms with van der Waals surface area (Å²) in [5.74, 6) is 7.14. The molecule has 0 fully saturated rings. The summed E-state index contributed by atoms with van der Waals surface area (Å²) in [4.78, 5) is 0. The molecule has 0 spiro atoms. The Hall–Kier alpha value is 0. The first-order chi connectivity index (χ1) is 13.0. The van der Waals surface area contributed by atoms with Gasteiger partial charge in [-0.05, 0) is 85.9 Å². The molecule has 0 saturated carbocycles. The number of hydrogen-bond donors (Lipinski definition) is 0. The molecule has 0 aliphatic rings. The molecule has 170 valence electrons. The third-order valence-corrected chi connectivity index (χ3v) is 6.99. The van der Waals surface area contributed by atoms with E-state index in [-0.39, 0.29) is 0 Å². The van der Waals surface area contributed by atoms with Crippen LogP contribution in [-0.4, -0.2) is 0 Å². The van der Waals surface area contributed by atoms with Gasteiger partial charge in [-0.2, -0.15) is 0 Å². The minimum atomic E-state index is 0.851. The van der Waals surface area contributed by atoms with Crippen LogP contribution in [0, 0.1) is 47.3 Å². The van der Waals surface area contributed by atoms with E-state index in [0.717, 1.165) is 47.3 Å². The molecule has 0 aromatic carbocycles. The zero-order chi connectivity index (χ0) is 21.7. The monoisotopic (exact) mass is 394 g/mol. The van der Waals surface area contributed by atoms with Crippen LogP contribution < -0.4 is 0 Å². The highest BCUT2D eigenvalue weighted by Crippen LogP contribution is 2.29. The number of rotatable bonds is 17. The average Bonchev–Trinajstić information content (AvgIpc) is 2.52. The lowest BCUT2D eigenvalue weighted by Gasteiger charge is -2.24. The molecule has 0 aromatic rings. The molecule has 0 heteroatoms. The predicted octanol–water partition coefficient (Wildman–Crippen LogP) is 10.0. The molecule has 0 amide bonds. The van der Waals surface area contributed by atoms with Gasteiger partial charge in [-0.3, -0.25) is 0 Å². The maximum atomic E-state index is 2.50. The van der Waals surface area contributed by atoms with Gasteiger partial charge in [0.25, 0.3) is 0 Å². The molecule has 0 nitrogen and oxygen atoms in total. The maximum absolute atomic E-state index is 2.50. The van der Waals surface area contributed by atoms with E-state index in [1.807, 2.05) is 0 Å². The summed E-state index contributed by atoms with van der Waals surface area (Å²) in [6, 6.07) is 0. The van der Waals surface area contributed by atoms with Gasteiger partial charge >= 0.3 is 0 Å². The van der Waals surface area contributed by atoms with Crippen LogP contribution in [-0.2, 0) is 0 Å². The molecule has 7 atom stereocenters. The molecule has 7 unspecified atom stereocenters. The Labute approximate surface area is 181 Å². The van der Waals surface area contributed by atoms with Crippen molar-refractivity contribution in [3.8, 4) is 0 Å². The zero-order valence-corrected chi connectivity index (χ0v) is 21.7. The van der Waals surface area contributed by atoms with Crippen molar-refractivity contribution in [2.24, 2.45) is 47.3 Å². The summed E-state index contributed by atoms with van der Waals surface area (Å²) in [6.45, 7) is 24.4. The third kappa shape index (κ3) is 15.9. The smallest absolute Gasteiger partial charge is 0.0438 e. The van der Waals surface area contributed by atoms with Crippen LogP contribution in [0.1, 0.15) is 133 Å². The van der Waals surface area contributed by atoms with Gasteiger partial charge in [-0.1, -0.05) is 94.9 Å². The second-order valence-corrected chi connectivity index (χ2v) is 11.9. The summed E-state index contributed by atoms with van der Waals surface area (Å²) in [5.41, 5.74) is 0. The van der Waals surface area contributed by atoms with Crippen LogP contribution in [0.4, 0.5) is 0 Å². The van der Waals surface area contributed by atoms with Crippen molar-refractivity contribution in [2.45, 2.75) is 133 Å². The van der Waals surface area contributed by atoms with Gasteiger partial charge < -0.3 is 0 Å². The van der Waals surface area contributed by atoms with Crippen molar-refractivity contribution < 1.29 is 0 Å². The SMILES string of the molecule is CCC(C)CC(C)CC(C)CC(C)CC(C)CCCC(C)CC(C)CC(C)C. The van der Waals surface area contributed by atoms with Crippen molar-refractivity contribution in [1.29, 1.82) is 0 Å². The first kappa shape index (κ1) is 28.0. The lowest BCUT2D eigenvalue weighted by atomic mass is 9.82. The minimum Gasteiger partial charge on any atom is -0.0651 e. The van der Waals surface area contributed by atoms with Gasteiger partial charge in [0.2, 0.25) is 0 Å². The molecule has 0 bridgehead atoms. The molecule has 0 aromatic heterocycles. The molecule has 0 heterocycles. The highest BCUT2D eigenvalue weighted by atomic mass is 14.2. The fraction of sp³-hybridized carbons (Fsp3) is 1.00. The summed E-state index contributed by atoms with van der Waals surface area (Å²) in [6.07, 6.45) is 14.2. The maximum Gasteiger partial charge on any atom is -0.0438 e. The first-order valence-electron chi connectivity index (χ1n) is 13.0. The van der Waals surface area contributed by atoms with E-state index in [0.29, 0.717) is 0 Å². The van der Waals surface area contributed by atoms with E-state index in [1.54, 1.807) is 0 Å². The molecule has 0 aliphatic carbocycles. The number of hydrogen-bond acceptors (Lipinski definition) is 0. The molecule has 0 rings (SSSR count). The van der Waals surface area contributed by atoms with Crippen LogP contribution in [0.2, 0.25) is 0 Å². The van der Waals surface area contributed by atoms with Crippen molar-refractivity contribution >= 4 is 0 Å². The Morgan fingerprint density at radius 1 is 0.393 bits per heavy atom. The molecule has 28 heavy (non-hydrogen) atoms. The Bertz CT molecular complexity index is 344. The second-order valence-electron chi connectivity index (χ2n) is 11.9. The summed E-state index contributed by atoms with van der Waals surface area (Å²) in [7, 11) is 0. The Morgan fingerprint density at radius 3 is 1.07 bits per heavy atom. The van der Waals surface area contributed by atoms with Gasteiger partial charge in [0.15, 0.2) is 0 Å². The van der Waals surface area contributed by atoms with Crippen molar-refractivity contribution in [1.82, 2.24) is 0 Å². The van der Waals surface area contributed by atoms with Crippen molar-refractivity contribution in [3.63, 3.8) is 0 Å². The van der Waals surface area contributed by atoms with Gasteiger partial charge in [0.1, 0.15) is 0 Å². The second kappa shape index (κ2) is 15.8. The van der Waals surface area contributed by atoms with E-state index in [2.05, 4.69) is 69.2 Å². The van der Waals surface area contributed by atoms with Crippen molar-refractivity contribution in [3.05, 3.63) is 0 Å². The largest absolute Gasteiger partial charge is 0.0651 e. The normalized spacial score (nSPS) is 19.8. The summed E-state index contributed by atoms with van der Waals surface area (Å²) in [5, 5.41) is 0. The van der Waals surface area contributed by atoms with E-state index in [4.69, 9.17) is 0 Å². The van der Waals surface area contributed by atoms with Gasteiger partial charge in [-0.15, -0.1) is 0 Å². The highest BCUT2D eigenvalue weighted by molar-refractivity contribution is 4.68. The Morgan fingerprint density at radius 2 is 0.714 bits per heavy atom. The van der Waals surface area contributed by atoms with Crippen molar-refractivity contribution in [2.75, 3.05) is 0 Å². The van der Waals surface area contributed by atoms with E-state index < -0.39 is 0 Å². The molecule has 0 aliphatic heterocycles. The fourth-order valence-electron chi connectivity index (χ4n) is 5.84. The molecule has 0 N–H and O–H groups in total. The Kier molecular flexibility index (Phi) is 15.8. The summed E-state index contributed by atoms with van der Waals surface area (Å²) < 4.78 is 0. The van der Waals surface area contributed by atoms with Gasteiger partial charge in [0, 0.05) is 0 Å². The quantitative estimate of drug-likeness (QED) is 0.230. The third-order valence-electron chi connectivity index (χ3n) is 6.99. The lowest BCUT2D eigenvalue weighted by Crippen LogP contribution is -2.12. The molecular formula is C28H58. The van der Waals surface area contributed by atoms with E-state index in [1.165, 1.54) is 64.2 Å². The lowest BCUT2D eigenvalue weighted by molar-refractivity contribution is 0.276. The standard InChI is InChI=1S/C28H58/c1-11-22(4)16-26(8)19-28(10)20-27(9)18-24(6)14-12-13-23(5)17-25(7)15-21(2)3/h21-28H,11-20H2,1-10H3. The van der Waals surface area contributed by atoms with Crippen LogP contribution >= 0.6 is 0 Å². The molecule has 0 radical (unpaired) electrons.